The zero-order valence-electron chi connectivity index (χ0n) is 22.1. The maximum Gasteiger partial charge on any atom is 0.264 e. The van der Waals surface area contributed by atoms with Crippen molar-refractivity contribution >= 4 is 27.5 Å². The van der Waals surface area contributed by atoms with Gasteiger partial charge in [0.05, 0.1) is 10.6 Å². The summed E-state index contributed by atoms with van der Waals surface area (Å²) >= 11 is 0. The highest BCUT2D eigenvalue weighted by atomic mass is 32.2. The zero-order valence-corrected chi connectivity index (χ0v) is 22.9. The number of halogens is 1. The maximum atomic E-state index is 13.8. The van der Waals surface area contributed by atoms with E-state index in [2.05, 4.69) is 5.32 Å². The Kier molecular flexibility index (Phi) is 9.63. The molecule has 0 fully saturated rings. The van der Waals surface area contributed by atoms with Gasteiger partial charge < -0.3 is 10.2 Å². The van der Waals surface area contributed by atoms with Crippen LogP contribution < -0.4 is 9.62 Å². The van der Waals surface area contributed by atoms with Crippen LogP contribution in [0.15, 0.2) is 83.8 Å². The van der Waals surface area contributed by atoms with Gasteiger partial charge in [-0.1, -0.05) is 55.0 Å². The number of para-hydroxylation sites is 1. The van der Waals surface area contributed by atoms with Gasteiger partial charge in [0.2, 0.25) is 11.8 Å². The molecule has 0 aromatic heterocycles. The number of hydrogen-bond acceptors (Lipinski definition) is 4. The first-order valence-corrected chi connectivity index (χ1v) is 14.0. The molecule has 7 nitrogen and oxygen atoms in total. The number of benzene rings is 3. The minimum atomic E-state index is -4.23. The number of hydrogen-bond donors (Lipinski definition) is 1. The molecule has 0 spiro atoms. The average molecular weight is 540 g/mol. The molecule has 0 saturated heterocycles. The summed E-state index contributed by atoms with van der Waals surface area (Å²) in [5.74, 6) is -1.45. The molecule has 9 heteroatoms. The van der Waals surface area contributed by atoms with Gasteiger partial charge in [0.1, 0.15) is 18.4 Å². The third kappa shape index (κ3) is 7.19. The number of carbonyl (C=O) groups is 2. The van der Waals surface area contributed by atoms with Crippen LogP contribution in [-0.4, -0.2) is 43.8 Å². The summed E-state index contributed by atoms with van der Waals surface area (Å²) in [7, 11) is -4.23. The Morgan fingerprint density at radius 3 is 2.21 bits per heavy atom. The largest absolute Gasteiger partial charge is 0.352 e. The van der Waals surface area contributed by atoms with Crippen LogP contribution in [0, 0.1) is 12.7 Å². The first kappa shape index (κ1) is 28.8. The lowest BCUT2D eigenvalue weighted by Gasteiger charge is -2.32. The molecule has 0 aliphatic rings. The van der Waals surface area contributed by atoms with Crippen molar-refractivity contribution < 1.29 is 22.4 Å². The molecule has 3 rings (SSSR count). The van der Waals surface area contributed by atoms with Gasteiger partial charge in [-0.3, -0.25) is 13.9 Å². The number of amides is 2. The molecule has 0 saturated carbocycles. The van der Waals surface area contributed by atoms with E-state index in [9.17, 15) is 22.4 Å². The highest BCUT2D eigenvalue weighted by Gasteiger charge is 2.32. The van der Waals surface area contributed by atoms with Crippen LogP contribution in [-0.2, 0) is 26.2 Å². The predicted octanol–water partition coefficient (Wildman–Crippen LogP) is 4.66. The fraction of sp³-hybridized carbons (Fsp3) is 0.310. The van der Waals surface area contributed by atoms with Gasteiger partial charge in [-0.25, -0.2) is 12.8 Å². The van der Waals surface area contributed by atoms with E-state index in [1.165, 1.54) is 4.90 Å². The Bertz CT molecular complexity index is 1350. The van der Waals surface area contributed by atoms with Gasteiger partial charge in [-0.2, -0.15) is 0 Å². The monoisotopic (exact) mass is 539 g/mol. The van der Waals surface area contributed by atoms with E-state index in [1.807, 2.05) is 45.0 Å². The van der Waals surface area contributed by atoms with Crippen molar-refractivity contribution in [3.63, 3.8) is 0 Å². The van der Waals surface area contributed by atoms with Crippen molar-refractivity contribution in [2.24, 2.45) is 0 Å². The standard InChI is InChI=1S/C29H34FN3O4S/c1-5-22(3)31-29(35)23(4)32(19-24-11-9-10-21(2)18-24)28(34)20-33(26-12-7-6-8-13-26)38(36,37)27-16-14-25(30)15-17-27/h6-18,22-23H,5,19-20H2,1-4H3,(H,31,35)/t22-,23-/m1/s1. The molecule has 0 radical (unpaired) electrons. The van der Waals surface area contributed by atoms with Crippen molar-refractivity contribution in [3.8, 4) is 0 Å². The topological polar surface area (TPSA) is 86.8 Å². The molecule has 0 unspecified atom stereocenters. The number of carbonyl (C=O) groups excluding carboxylic acids is 2. The summed E-state index contributed by atoms with van der Waals surface area (Å²) < 4.78 is 41.8. The molecule has 1 N–H and O–H groups in total. The van der Waals surface area contributed by atoms with Crippen LogP contribution in [0.3, 0.4) is 0 Å². The minimum Gasteiger partial charge on any atom is -0.352 e. The molecule has 0 heterocycles. The fourth-order valence-corrected chi connectivity index (χ4v) is 5.33. The molecule has 0 aliphatic heterocycles. The first-order valence-electron chi connectivity index (χ1n) is 12.5. The van der Waals surface area contributed by atoms with Gasteiger partial charge in [-0.15, -0.1) is 0 Å². The molecule has 0 aliphatic carbocycles. The van der Waals surface area contributed by atoms with Gasteiger partial charge >= 0.3 is 0 Å². The Labute approximate surface area is 224 Å². The number of aryl methyl sites for hydroxylation is 1. The lowest BCUT2D eigenvalue weighted by atomic mass is 10.1. The van der Waals surface area contributed by atoms with Crippen molar-refractivity contribution in [1.29, 1.82) is 0 Å². The summed E-state index contributed by atoms with van der Waals surface area (Å²) in [6.45, 7) is 6.96. The number of anilines is 1. The Balaban J connectivity index is 2.00. The first-order chi connectivity index (χ1) is 18.0. The second-order valence-corrected chi connectivity index (χ2v) is 11.2. The van der Waals surface area contributed by atoms with Crippen LogP contribution in [0.5, 0.6) is 0 Å². The highest BCUT2D eigenvalue weighted by Crippen LogP contribution is 2.24. The summed E-state index contributed by atoms with van der Waals surface area (Å²) in [5, 5.41) is 2.91. The molecule has 2 atom stereocenters. The summed E-state index contributed by atoms with van der Waals surface area (Å²) in [5.41, 5.74) is 2.09. The number of rotatable bonds is 11. The average Bonchev–Trinajstić information content (AvgIpc) is 2.90. The van der Waals surface area contributed by atoms with E-state index in [4.69, 9.17) is 0 Å². The second-order valence-electron chi connectivity index (χ2n) is 9.31. The Morgan fingerprint density at radius 2 is 1.61 bits per heavy atom. The molecule has 2 amide bonds. The normalized spacial score (nSPS) is 12.9. The fourth-order valence-electron chi connectivity index (χ4n) is 3.91. The summed E-state index contributed by atoms with van der Waals surface area (Å²) in [6.07, 6.45) is 0.724. The van der Waals surface area contributed by atoms with E-state index in [1.54, 1.807) is 37.3 Å². The van der Waals surface area contributed by atoms with Gasteiger partial charge in [-0.05, 0) is 69.2 Å². The number of nitrogens with one attached hydrogen (secondary N) is 1. The van der Waals surface area contributed by atoms with Crippen molar-refractivity contribution in [2.45, 2.75) is 57.6 Å². The lowest BCUT2D eigenvalue weighted by molar-refractivity contribution is -0.139. The summed E-state index contributed by atoms with van der Waals surface area (Å²) in [4.78, 5) is 28.1. The molecule has 3 aromatic carbocycles. The van der Waals surface area contributed by atoms with Crippen LogP contribution in [0.25, 0.3) is 0 Å². The van der Waals surface area contributed by atoms with Gasteiger partial charge in [0.15, 0.2) is 0 Å². The van der Waals surface area contributed by atoms with Gasteiger partial charge in [0.25, 0.3) is 10.0 Å². The number of nitrogens with zero attached hydrogens (tertiary/aromatic N) is 2. The molecule has 0 bridgehead atoms. The lowest BCUT2D eigenvalue weighted by Crippen LogP contribution is -2.52. The molecular formula is C29H34FN3O4S. The highest BCUT2D eigenvalue weighted by molar-refractivity contribution is 7.92. The Hall–Kier alpha value is -3.72. The third-order valence-electron chi connectivity index (χ3n) is 6.33. The molecule has 3 aromatic rings. The molecular weight excluding hydrogens is 505 g/mol. The van der Waals surface area contributed by atoms with E-state index < -0.39 is 34.3 Å². The second kappa shape index (κ2) is 12.7. The SMILES string of the molecule is CC[C@@H](C)NC(=O)[C@@H](C)N(Cc1cccc(C)c1)C(=O)CN(c1ccccc1)S(=O)(=O)c1ccc(F)cc1. The maximum absolute atomic E-state index is 13.8. The third-order valence-corrected chi connectivity index (χ3v) is 8.12. The van der Waals surface area contributed by atoms with Gasteiger partial charge in [0, 0.05) is 12.6 Å². The van der Waals surface area contributed by atoms with Crippen LogP contribution in [0.1, 0.15) is 38.3 Å². The predicted molar refractivity (Wildman–Crippen MR) is 146 cm³/mol. The van der Waals surface area contributed by atoms with Crippen molar-refractivity contribution in [2.75, 3.05) is 10.8 Å². The number of sulfonamides is 1. The zero-order chi connectivity index (χ0) is 27.9. The van der Waals surface area contributed by atoms with Crippen LogP contribution in [0.4, 0.5) is 10.1 Å². The van der Waals surface area contributed by atoms with Crippen molar-refractivity contribution in [3.05, 3.63) is 95.8 Å². The van der Waals surface area contributed by atoms with Crippen LogP contribution >= 0.6 is 0 Å². The molecule has 38 heavy (non-hydrogen) atoms. The van der Waals surface area contributed by atoms with E-state index in [0.29, 0.717) is 0 Å². The molecule has 202 valence electrons. The quantitative estimate of drug-likeness (QED) is 0.384. The van der Waals surface area contributed by atoms with Crippen LogP contribution in [0.2, 0.25) is 0 Å². The minimum absolute atomic E-state index is 0.0828. The van der Waals surface area contributed by atoms with E-state index in [-0.39, 0.29) is 29.1 Å². The van der Waals surface area contributed by atoms with E-state index >= 15 is 0 Å². The Morgan fingerprint density at radius 1 is 0.947 bits per heavy atom. The van der Waals surface area contributed by atoms with Crippen molar-refractivity contribution in [1.82, 2.24) is 10.2 Å². The van der Waals surface area contributed by atoms with E-state index in [0.717, 1.165) is 46.1 Å². The summed E-state index contributed by atoms with van der Waals surface area (Å²) in [6, 6.07) is 19.3. The smallest absolute Gasteiger partial charge is 0.264 e.